The van der Waals surface area contributed by atoms with Gasteiger partial charge in [0.1, 0.15) is 34.6 Å². The van der Waals surface area contributed by atoms with Crippen molar-refractivity contribution in [1.29, 1.82) is 10.5 Å². The van der Waals surface area contributed by atoms with Crippen LogP contribution in [0, 0.1) is 28.6 Å². The largest absolute Gasteiger partial charge is 0.459 e. The third-order valence-electron chi connectivity index (χ3n) is 6.76. The minimum absolute atomic E-state index is 0.167. The van der Waals surface area contributed by atoms with E-state index in [-0.39, 0.29) is 11.8 Å². The molecule has 4 rings (SSSR count). The van der Waals surface area contributed by atoms with Crippen LogP contribution in [-0.4, -0.2) is 41.5 Å². The topological polar surface area (TPSA) is 139 Å². The summed E-state index contributed by atoms with van der Waals surface area (Å²) >= 11 is 0. The minimum Gasteiger partial charge on any atom is -0.459 e. The number of likely N-dealkylation sites (tertiary alicyclic amines) is 1. The van der Waals surface area contributed by atoms with Crippen molar-refractivity contribution >= 4 is 11.9 Å². The zero-order valence-electron chi connectivity index (χ0n) is 24.0. The summed E-state index contributed by atoms with van der Waals surface area (Å²) < 4.78 is 17.5. The highest BCUT2D eigenvalue weighted by Crippen LogP contribution is 2.32. The molecular formula is C33H34N4O5. The van der Waals surface area contributed by atoms with E-state index in [0.29, 0.717) is 59.2 Å². The Labute approximate surface area is 246 Å². The maximum Gasteiger partial charge on any atom is 0.323 e. The van der Waals surface area contributed by atoms with E-state index in [0.717, 1.165) is 12.8 Å². The number of piperidine rings is 1. The molecule has 0 spiro atoms. The third kappa shape index (κ3) is 8.33. The smallest absolute Gasteiger partial charge is 0.323 e. The van der Waals surface area contributed by atoms with Crippen LogP contribution < -0.4 is 15.2 Å². The second-order valence-electron chi connectivity index (χ2n) is 11.3. The lowest BCUT2D eigenvalue weighted by Gasteiger charge is -2.33. The summed E-state index contributed by atoms with van der Waals surface area (Å²) in [7, 11) is 0. The lowest BCUT2D eigenvalue weighted by molar-refractivity contribution is -0.157. The number of hydrogen-bond acceptors (Lipinski definition) is 8. The average molecular weight is 567 g/mol. The number of benzene rings is 3. The first-order valence-corrected chi connectivity index (χ1v) is 13.8. The molecule has 0 aromatic heterocycles. The molecule has 3 aromatic carbocycles. The van der Waals surface area contributed by atoms with E-state index >= 15 is 0 Å². The molecular weight excluding hydrogens is 532 g/mol. The van der Waals surface area contributed by atoms with Gasteiger partial charge in [0.25, 0.3) is 5.91 Å². The lowest BCUT2D eigenvalue weighted by atomic mass is 9.90. The molecule has 1 unspecified atom stereocenters. The first-order valence-electron chi connectivity index (χ1n) is 13.8. The Morgan fingerprint density at radius 3 is 1.76 bits per heavy atom. The van der Waals surface area contributed by atoms with Crippen molar-refractivity contribution in [3.63, 3.8) is 0 Å². The van der Waals surface area contributed by atoms with Gasteiger partial charge in [-0.3, -0.25) is 9.59 Å². The van der Waals surface area contributed by atoms with Gasteiger partial charge in [-0.2, -0.15) is 10.5 Å². The molecule has 1 aliphatic heterocycles. The lowest BCUT2D eigenvalue weighted by Crippen LogP contribution is -2.42. The Morgan fingerprint density at radius 1 is 0.857 bits per heavy atom. The number of esters is 1. The van der Waals surface area contributed by atoms with Crippen LogP contribution >= 0.6 is 0 Å². The summed E-state index contributed by atoms with van der Waals surface area (Å²) in [4.78, 5) is 27.7. The predicted molar refractivity (Wildman–Crippen MR) is 156 cm³/mol. The van der Waals surface area contributed by atoms with Crippen molar-refractivity contribution in [2.45, 2.75) is 51.7 Å². The van der Waals surface area contributed by atoms with E-state index < -0.39 is 17.6 Å². The Hall–Kier alpha value is -4.86. The second kappa shape index (κ2) is 13.2. The molecule has 1 aliphatic rings. The van der Waals surface area contributed by atoms with E-state index in [1.54, 1.807) is 71.6 Å². The van der Waals surface area contributed by atoms with Crippen LogP contribution in [0.1, 0.15) is 61.5 Å². The summed E-state index contributed by atoms with van der Waals surface area (Å²) in [6.07, 6.45) is 1.95. The highest BCUT2D eigenvalue weighted by molar-refractivity contribution is 5.95. The predicted octanol–water partition coefficient (Wildman–Crippen LogP) is 5.93. The maximum absolute atomic E-state index is 13.6. The number of carbonyl (C=O) groups excluding carboxylic acids is 2. The number of rotatable bonds is 8. The molecule has 2 N–H and O–H groups in total. The summed E-state index contributed by atoms with van der Waals surface area (Å²) in [6.45, 7) is 6.49. The molecule has 9 nitrogen and oxygen atoms in total. The number of carbonyl (C=O) groups is 2. The highest BCUT2D eigenvalue weighted by Gasteiger charge is 2.29. The zero-order valence-corrected chi connectivity index (χ0v) is 24.0. The molecule has 3 aromatic rings. The van der Waals surface area contributed by atoms with E-state index in [9.17, 15) is 9.59 Å². The Bertz CT molecular complexity index is 1410. The zero-order chi connectivity index (χ0) is 30.3. The monoisotopic (exact) mass is 566 g/mol. The number of nitrogens with two attached hydrogens (primary N) is 1. The maximum atomic E-state index is 13.6. The van der Waals surface area contributed by atoms with Crippen molar-refractivity contribution < 1.29 is 23.8 Å². The normalized spacial score (nSPS) is 14.3. The van der Waals surface area contributed by atoms with Gasteiger partial charge in [-0.1, -0.05) is 0 Å². The van der Waals surface area contributed by atoms with Gasteiger partial charge in [-0.15, -0.1) is 0 Å². The Morgan fingerprint density at radius 2 is 1.33 bits per heavy atom. The highest BCUT2D eigenvalue weighted by atomic mass is 16.6. The molecule has 0 bridgehead atoms. The van der Waals surface area contributed by atoms with Crippen molar-refractivity contribution in [3.8, 4) is 35.1 Å². The molecule has 0 radical (unpaired) electrons. The van der Waals surface area contributed by atoms with Gasteiger partial charge in [0, 0.05) is 24.7 Å². The van der Waals surface area contributed by atoms with Gasteiger partial charge in [0.2, 0.25) is 0 Å². The molecule has 1 amide bonds. The van der Waals surface area contributed by atoms with Crippen LogP contribution in [-0.2, 0) is 9.53 Å². The fourth-order valence-corrected chi connectivity index (χ4v) is 4.67. The molecule has 1 saturated heterocycles. The fourth-order valence-electron chi connectivity index (χ4n) is 4.67. The molecule has 1 fully saturated rings. The van der Waals surface area contributed by atoms with Gasteiger partial charge in [-0.25, -0.2) is 0 Å². The number of ether oxygens (including phenoxy) is 3. The average Bonchev–Trinajstić information content (AvgIpc) is 2.97. The third-order valence-corrected chi connectivity index (χ3v) is 6.76. The summed E-state index contributed by atoms with van der Waals surface area (Å²) in [6, 6.07) is 21.8. The molecule has 42 heavy (non-hydrogen) atoms. The Balaban J connectivity index is 1.48. The molecule has 216 valence electrons. The van der Waals surface area contributed by atoms with Crippen LogP contribution in [0.3, 0.4) is 0 Å². The quantitative estimate of drug-likeness (QED) is 0.331. The fraction of sp³-hybridized carbons (Fsp3) is 0.333. The van der Waals surface area contributed by atoms with Crippen LogP contribution in [0.25, 0.3) is 0 Å². The molecule has 0 aliphatic carbocycles. The van der Waals surface area contributed by atoms with Crippen molar-refractivity contribution in [3.05, 3.63) is 83.4 Å². The Kier molecular flexibility index (Phi) is 9.46. The van der Waals surface area contributed by atoms with E-state index in [1.807, 2.05) is 20.8 Å². The van der Waals surface area contributed by atoms with Gasteiger partial charge < -0.3 is 24.8 Å². The van der Waals surface area contributed by atoms with E-state index in [4.69, 9.17) is 30.5 Å². The van der Waals surface area contributed by atoms with Crippen LogP contribution in [0.4, 0.5) is 0 Å². The van der Waals surface area contributed by atoms with E-state index in [1.165, 1.54) is 0 Å². The number of nitriles is 2. The summed E-state index contributed by atoms with van der Waals surface area (Å²) in [5.74, 6) is 1.43. The molecule has 9 heteroatoms. The van der Waals surface area contributed by atoms with Gasteiger partial charge >= 0.3 is 5.97 Å². The molecule has 0 saturated carbocycles. The number of nitrogens with zero attached hydrogens (tertiary/aromatic N) is 3. The SMILES string of the molecule is CC(C)(C)OC(=O)C(N)CC1CCN(C(=O)c2cc(Oc3ccc(C#N)cc3)cc(Oc3ccc(C#N)cc3)c2)CC1. The van der Waals surface area contributed by atoms with Crippen LogP contribution in [0.2, 0.25) is 0 Å². The summed E-state index contributed by atoms with van der Waals surface area (Å²) in [5.41, 5.74) is 6.94. The first-order chi connectivity index (χ1) is 20.0. The van der Waals surface area contributed by atoms with E-state index in [2.05, 4.69) is 12.1 Å². The van der Waals surface area contributed by atoms with Crippen molar-refractivity contribution in [1.82, 2.24) is 4.90 Å². The molecule has 1 atom stereocenters. The molecule has 1 heterocycles. The van der Waals surface area contributed by atoms with Gasteiger partial charge in [0.15, 0.2) is 0 Å². The second-order valence-corrected chi connectivity index (χ2v) is 11.3. The van der Waals surface area contributed by atoms with Crippen LogP contribution in [0.15, 0.2) is 66.7 Å². The van der Waals surface area contributed by atoms with Crippen molar-refractivity contribution in [2.75, 3.05) is 13.1 Å². The first kappa shape index (κ1) is 30.1. The minimum atomic E-state index is -0.700. The number of hydrogen-bond donors (Lipinski definition) is 1. The van der Waals surface area contributed by atoms with Crippen LogP contribution in [0.5, 0.6) is 23.0 Å². The van der Waals surface area contributed by atoms with Gasteiger partial charge in [-0.05, 0) is 107 Å². The number of amides is 1. The van der Waals surface area contributed by atoms with Crippen molar-refractivity contribution in [2.24, 2.45) is 11.7 Å². The summed E-state index contributed by atoms with van der Waals surface area (Å²) in [5, 5.41) is 18.2. The standard InChI is InChI=1S/C33H34N4O5/c1-33(2,3)42-32(39)30(36)16-22-12-14-37(15-13-22)31(38)25-17-28(40-26-8-4-23(20-34)5-9-26)19-29(18-25)41-27-10-6-24(21-35)7-11-27/h4-11,17-19,22,30H,12-16,36H2,1-3H3. The van der Waals surface area contributed by atoms with Gasteiger partial charge in [0.05, 0.1) is 23.3 Å².